The highest BCUT2D eigenvalue weighted by Gasteiger charge is 2.00. The molecule has 102 valence electrons. The second-order valence-electron chi connectivity index (χ2n) is 4.89. The molecule has 0 aliphatic heterocycles. The van der Waals surface area contributed by atoms with Gasteiger partial charge in [-0.1, -0.05) is 40.9 Å². The molecule has 1 aromatic rings. The van der Waals surface area contributed by atoms with Gasteiger partial charge in [0, 0.05) is 11.0 Å². The van der Waals surface area contributed by atoms with Gasteiger partial charge in [0.1, 0.15) is 0 Å². The van der Waals surface area contributed by atoms with Crippen molar-refractivity contribution in [3.05, 3.63) is 34.3 Å². The third-order valence-corrected chi connectivity index (χ3v) is 3.55. The van der Waals surface area contributed by atoms with Gasteiger partial charge in [-0.05, 0) is 57.7 Å². The zero-order valence-electron chi connectivity index (χ0n) is 11.6. The molecule has 0 saturated carbocycles. The van der Waals surface area contributed by atoms with Crippen molar-refractivity contribution >= 4 is 15.9 Å². The summed E-state index contributed by atoms with van der Waals surface area (Å²) in [5.74, 6) is 0. The first-order valence-corrected chi connectivity index (χ1v) is 7.59. The summed E-state index contributed by atoms with van der Waals surface area (Å²) in [4.78, 5) is 2.40. The lowest BCUT2D eigenvalue weighted by Crippen LogP contribution is -2.19. The molecule has 0 bridgehead atoms. The van der Waals surface area contributed by atoms with Crippen LogP contribution in [0, 0.1) is 0 Å². The first-order valence-electron chi connectivity index (χ1n) is 6.80. The Kier molecular flexibility index (Phi) is 8.31. The zero-order chi connectivity index (χ0) is 13.2. The van der Waals surface area contributed by atoms with Crippen molar-refractivity contribution in [2.24, 2.45) is 0 Å². The predicted octanol–water partition coefficient (Wildman–Crippen LogP) is 3.66. The van der Waals surface area contributed by atoms with Crippen LogP contribution in [0.15, 0.2) is 28.7 Å². The van der Waals surface area contributed by atoms with E-state index in [1.165, 1.54) is 42.3 Å². The number of nitrogens with zero attached hydrogens (tertiary/aromatic N) is 1. The molecule has 0 fully saturated rings. The maximum absolute atomic E-state index is 3.52. The van der Waals surface area contributed by atoms with E-state index in [1.807, 2.05) is 7.05 Å². The molecule has 0 spiro atoms. The van der Waals surface area contributed by atoms with Crippen LogP contribution in [0.2, 0.25) is 0 Å². The van der Waals surface area contributed by atoms with Gasteiger partial charge in [0.25, 0.3) is 0 Å². The number of halogens is 1. The summed E-state index contributed by atoms with van der Waals surface area (Å²) in [5, 5.41) is 3.19. The van der Waals surface area contributed by atoms with Crippen LogP contribution in [0.4, 0.5) is 0 Å². The molecule has 0 saturated heterocycles. The van der Waals surface area contributed by atoms with Crippen molar-refractivity contribution < 1.29 is 0 Å². The van der Waals surface area contributed by atoms with E-state index in [0.717, 1.165) is 13.1 Å². The number of benzene rings is 1. The first kappa shape index (κ1) is 15.7. The monoisotopic (exact) mass is 312 g/mol. The molecular formula is C15H25BrN2. The number of rotatable bonds is 9. The predicted molar refractivity (Wildman–Crippen MR) is 82.9 cm³/mol. The largest absolute Gasteiger partial charge is 0.320 e. The van der Waals surface area contributed by atoms with E-state index in [2.05, 4.69) is 57.5 Å². The van der Waals surface area contributed by atoms with Crippen molar-refractivity contribution in [1.82, 2.24) is 10.2 Å². The lowest BCUT2D eigenvalue weighted by Gasteiger charge is -2.16. The van der Waals surface area contributed by atoms with Gasteiger partial charge < -0.3 is 10.2 Å². The van der Waals surface area contributed by atoms with Crippen molar-refractivity contribution in [2.45, 2.75) is 32.2 Å². The summed E-state index contributed by atoms with van der Waals surface area (Å²) in [5.41, 5.74) is 1.38. The van der Waals surface area contributed by atoms with Gasteiger partial charge in [-0.3, -0.25) is 0 Å². The van der Waals surface area contributed by atoms with E-state index in [-0.39, 0.29) is 0 Å². The Morgan fingerprint density at radius 3 is 2.67 bits per heavy atom. The van der Waals surface area contributed by atoms with Crippen LogP contribution in [0.25, 0.3) is 0 Å². The van der Waals surface area contributed by atoms with Crippen LogP contribution in [-0.4, -0.2) is 32.1 Å². The summed E-state index contributed by atoms with van der Waals surface area (Å²) in [6.07, 6.45) is 5.27. The van der Waals surface area contributed by atoms with E-state index >= 15 is 0 Å². The molecule has 0 amide bonds. The van der Waals surface area contributed by atoms with Crippen LogP contribution in [0.1, 0.15) is 31.2 Å². The molecule has 0 radical (unpaired) electrons. The molecule has 0 unspecified atom stereocenters. The fourth-order valence-corrected chi connectivity index (χ4v) is 2.51. The molecule has 0 heterocycles. The fraction of sp³-hybridized carbons (Fsp3) is 0.600. The smallest absolute Gasteiger partial charge is 0.0231 e. The maximum atomic E-state index is 3.52. The fourth-order valence-electron chi connectivity index (χ4n) is 2.06. The Morgan fingerprint density at radius 1 is 1.17 bits per heavy atom. The Balaban J connectivity index is 2.12. The summed E-state index contributed by atoms with van der Waals surface area (Å²) in [6, 6.07) is 8.56. The minimum Gasteiger partial charge on any atom is -0.320 e. The standard InChI is InChI=1S/C15H25BrN2/c1-17-10-5-3-4-6-11-18(2)13-14-8-7-9-15(16)12-14/h7-9,12,17H,3-6,10-11,13H2,1-2H3. The van der Waals surface area contributed by atoms with E-state index < -0.39 is 0 Å². The van der Waals surface area contributed by atoms with Gasteiger partial charge in [-0.2, -0.15) is 0 Å². The Morgan fingerprint density at radius 2 is 1.94 bits per heavy atom. The van der Waals surface area contributed by atoms with Crippen LogP contribution in [0.3, 0.4) is 0 Å². The van der Waals surface area contributed by atoms with Crippen molar-refractivity contribution in [3.8, 4) is 0 Å². The molecule has 0 aromatic heterocycles. The van der Waals surface area contributed by atoms with E-state index in [4.69, 9.17) is 0 Å². The third kappa shape index (κ3) is 7.14. The van der Waals surface area contributed by atoms with Gasteiger partial charge in [0.15, 0.2) is 0 Å². The SMILES string of the molecule is CNCCCCCCN(C)Cc1cccc(Br)c1. The molecule has 1 rings (SSSR count). The average molecular weight is 313 g/mol. The second kappa shape index (κ2) is 9.54. The normalized spacial score (nSPS) is 11.1. The lowest BCUT2D eigenvalue weighted by atomic mass is 10.1. The van der Waals surface area contributed by atoms with Crippen molar-refractivity contribution in [2.75, 3.05) is 27.2 Å². The minimum absolute atomic E-state index is 1.04. The van der Waals surface area contributed by atoms with Crippen LogP contribution in [-0.2, 0) is 6.54 Å². The van der Waals surface area contributed by atoms with Crippen molar-refractivity contribution in [3.63, 3.8) is 0 Å². The van der Waals surface area contributed by atoms with Gasteiger partial charge in [-0.25, -0.2) is 0 Å². The quantitative estimate of drug-likeness (QED) is 0.700. The number of unbranched alkanes of at least 4 members (excludes halogenated alkanes) is 3. The highest BCUT2D eigenvalue weighted by molar-refractivity contribution is 9.10. The molecule has 0 atom stereocenters. The molecule has 3 heteroatoms. The third-order valence-electron chi connectivity index (χ3n) is 3.06. The zero-order valence-corrected chi connectivity index (χ0v) is 13.2. The van der Waals surface area contributed by atoms with E-state index in [0.29, 0.717) is 0 Å². The molecule has 18 heavy (non-hydrogen) atoms. The Hall–Kier alpha value is -0.380. The van der Waals surface area contributed by atoms with Gasteiger partial charge >= 0.3 is 0 Å². The van der Waals surface area contributed by atoms with Gasteiger partial charge in [0.2, 0.25) is 0 Å². The summed E-state index contributed by atoms with van der Waals surface area (Å²) in [6.45, 7) is 3.37. The van der Waals surface area contributed by atoms with Crippen LogP contribution in [0.5, 0.6) is 0 Å². The van der Waals surface area contributed by atoms with Crippen LogP contribution >= 0.6 is 15.9 Å². The van der Waals surface area contributed by atoms with Crippen LogP contribution < -0.4 is 5.32 Å². The summed E-state index contributed by atoms with van der Waals surface area (Å²) >= 11 is 3.52. The Labute approximate surface area is 120 Å². The average Bonchev–Trinajstić information content (AvgIpc) is 2.33. The Bertz CT molecular complexity index is 328. The van der Waals surface area contributed by atoms with Gasteiger partial charge in [0.05, 0.1) is 0 Å². The minimum atomic E-state index is 1.04. The highest BCUT2D eigenvalue weighted by Crippen LogP contribution is 2.13. The summed E-state index contributed by atoms with van der Waals surface area (Å²) in [7, 11) is 4.22. The molecule has 2 nitrogen and oxygen atoms in total. The second-order valence-corrected chi connectivity index (χ2v) is 5.80. The van der Waals surface area contributed by atoms with E-state index in [9.17, 15) is 0 Å². The number of hydrogen-bond acceptors (Lipinski definition) is 2. The molecule has 0 aliphatic rings. The molecule has 0 aliphatic carbocycles. The molecule has 1 aromatic carbocycles. The molecule has 1 N–H and O–H groups in total. The van der Waals surface area contributed by atoms with Crippen molar-refractivity contribution in [1.29, 1.82) is 0 Å². The number of nitrogens with one attached hydrogen (secondary N) is 1. The first-order chi connectivity index (χ1) is 8.72. The van der Waals surface area contributed by atoms with E-state index in [1.54, 1.807) is 0 Å². The maximum Gasteiger partial charge on any atom is 0.0231 e. The van der Waals surface area contributed by atoms with Gasteiger partial charge in [-0.15, -0.1) is 0 Å². The highest BCUT2D eigenvalue weighted by atomic mass is 79.9. The molecular weight excluding hydrogens is 288 g/mol. The summed E-state index contributed by atoms with van der Waals surface area (Å²) < 4.78 is 1.17. The lowest BCUT2D eigenvalue weighted by molar-refractivity contribution is 0.316. The number of hydrogen-bond donors (Lipinski definition) is 1. The topological polar surface area (TPSA) is 15.3 Å².